The number of thioether (sulfide) groups is 1. The van der Waals surface area contributed by atoms with Crippen LogP contribution in [0.15, 0.2) is 70.3 Å². The maximum atomic E-state index is 12.8. The molecule has 29 heavy (non-hydrogen) atoms. The Hall–Kier alpha value is -2.08. The Kier molecular flexibility index (Phi) is 7.04. The first kappa shape index (κ1) is 20.2. The summed E-state index contributed by atoms with van der Waals surface area (Å²) in [5.74, 6) is 0.867. The van der Waals surface area contributed by atoms with E-state index in [0.29, 0.717) is 6.54 Å². The van der Waals surface area contributed by atoms with E-state index in [1.807, 2.05) is 24.3 Å². The zero-order valence-corrected chi connectivity index (χ0v) is 18.1. The SMILES string of the molecule is O=C(NCc1ccc(CN2CCCC2)cc1)c1ccccc1SCc1ccsc1. The molecule has 1 aromatic heterocycles. The minimum Gasteiger partial charge on any atom is -0.348 e. The molecule has 3 nitrogen and oxygen atoms in total. The summed E-state index contributed by atoms with van der Waals surface area (Å²) in [5, 5.41) is 7.32. The van der Waals surface area contributed by atoms with Gasteiger partial charge in [0.05, 0.1) is 5.56 Å². The van der Waals surface area contributed by atoms with Crippen LogP contribution < -0.4 is 5.32 Å². The van der Waals surface area contributed by atoms with Crippen molar-refractivity contribution in [3.05, 3.63) is 87.6 Å². The Morgan fingerprint density at radius 2 is 1.72 bits per heavy atom. The molecule has 1 aliphatic heterocycles. The summed E-state index contributed by atoms with van der Waals surface area (Å²) in [6.07, 6.45) is 2.63. The normalized spacial score (nSPS) is 14.2. The Morgan fingerprint density at radius 1 is 0.966 bits per heavy atom. The molecule has 0 saturated carbocycles. The molecule has 0 bridgehead atoms. The second-order valence-electron chi connectivity index (χ2n) is 7.40. The Balaban J connectivity index is 1.32. The number of nitrogens with one attached hydrogen (secondary N) is 1. The summed E-state index contributed by atoms with van der Waals surface area (Å²) >= 11 is 3.42. The fourth-order valence-corrected chi connectivity index (χ4v) is 5.32. The zero-order valence-electron chi connectivity index (χ0n) is 16.5. The predicted molar refractivity (Wildman–Crippen MR) is 122 cm³/mol. The van der Waals surface area contributed by atoms with Gasteiger partial charge >= 0.3 is 0 Å². The van der Waals surface area contributed by atoms with Crippen LogP contribution in [0.1, 0.15) is 39.9 Å². The number of hydrogen-bond acceptors (Lipinski definition) is 4. The number of likely N-dealkylation sites (tertiary alicyclic amines) is 1. The van der Waals surface area contributed by atoms with Crippen molar-refractivity contribution in [3.63, 3.8) is 0 Å². The van der Waals surface area contributed by atoms with E-state index in [0.717, 1.165) is 28.3 Å². The maximum absolute atomic E-state index is 12.8. The molecule has 3 aromatic rings. The number of carbonyl (C=O) groups is 1. The summed E-state index contributed by atoms with van der Waals surface area (Å²) in [7, 11) is 0. The summed E-state index contributed by atoms with van der Waals surface area (Å²) in [5.41, 5.74) is 4.52. The minimum atomic E-state index is -0.0143. The van der Waals surface area contributed by atoms with E-state index in [4.69, 9.17) is 0 Å². The lowest BCUT2D eigenvalue weighted by Gasteiger charge is -2.15. The van der Waals surface area contributed by atoms with Gasteiger partial charge in [-0.05, 0) is 71.6 Å². The molecule has 1 aliphatic rings. The van der Waals surface area contributed by atoms with Gasteiger partial charge in [-0.2, -0.15) is 11.3 Å². The van der Waals surface area contributed by atoms with Gasteiger partial charge < -0.3 is 5.32 Å². The quantitative estimate of drug-likeness (QED) is 0.482. The van der Waals surface area contributed by atoms with Gasteiger partial charge in [0.1, 0.15) is 0 Å². The van der Waals surface area contributed by atoms with E-state index < -0.39 is 0 Å². The van der Waals surface area contributed by atoms with Crippen LogP contribution in [0.3, 0.4) is 0 Å². The monoisotopic (exact) mass is 422 g/mol. The molecule has 1 saturated heterocycles. The van der Waals surface area contributed by atoms with Crippen molar-refractivity contribution < 1.29 is 4.79 Å². The highest BCUT2D eigenvalue weighted by atomic mass is 32.2. The number of rotatable bonds is 8. The van der Waals surface area contributed by atoms with Crippen LogP contribution in [0.4, 0.5) is 0 Å². The molecule has 4 rings (SSSR count). The van der Waals surface area contributed by atoms with Crippen LogP contribution in [0.5, 0.6) is 0 Å². The zero-order chi connectivity index (χ0) is 19.9. The molecule has 0 spiro atoms. The van der Waals surface area contributed by atoms with Gasteiger partial charge in [-0.3, -0.25) is 9.69 Å². The highest BCUT2D eigenvalue weighted by Gasteiger charge is 2.13. The first-order chi connectivity index (χ1) is 14.3. The number of amides is 1. The summed E-state index contributed by atoms with van der Waals surface area (Å²) in [4.78, 5) is 16.3. The average Bonchev–Trinajstić information content (AvgIpc) is 3.46. The summed E-state index contributed by atoms with van der Waals surface area (Å²) in [6.45, 7) is 4.00. The van der Waals surface area contributed by atoms with Crippen LogP contribution in [-0.2, 0) is 18.8 Å². The van der Waals surface area contributed by atoms with E-state index in [2.05, 4.69) is 51.3 Å². The smallest absolute Gasteiger partial charge is 0.252 e. The minimum absolute atomic E-state index is 0.0143. The van der Waals surface area contributed by atoms with E-state index in [1.165, 1.54) is 37.1 Å². The van der Waals surface area contributed by atoms with Crippen molar-refractivity contribution in [1.29, 1.82) is 0 Å². The molecular formula is C24H26N2OS2. The molecule has 150 valence electrons. The highest BCUT2D eigenvalue weighted by molar-refractivity contribution is 7.98. The standard InChI is InChI=1S/C24H26N2OS2/c27-24(22-5-1-2-6-23(22)29-18-21-11-14-28-17-21)25-15-19-7-9-20(10-8-19)16-26-12-3-4-13-26/h1-2,5-11,14,17H,3-4,12-13,15-16,18H2,(H,25,27). The predicted octanol–water partition coefficient (Wildman–Crippen LogP) is 5.57. The van der Waals surface area contributed by atoms with Gasteiger partial charge in [0.15, 0.2) is 0 Å². The number of hydrogen-bond donors (Lipinski definition) is 1. The van der Waals surface area contributed by atoms with Gasteiger partial charge in [-0.25, -0.2) is 0 Å². The molecule has 1 amide bonds. The van der Waals surface area contributed by atoms with Crippen LogP contribution in [0.2, 0.25) is 0 Å². The van der Waals surface area contributed by atoms with Gasteiger partial charge in [-0.15, -0.1) is 11.8 Å². The molecule has 0 unspecified atom stereocenters. The largest absolute Gasteiger partial charge is 0.348 e. The molecule has 1 N–H and O–H groups in total. The van der Waals surface area contributed by atoms with Gasteiger partial charge in [0.25, 0.3) is 5.91 Å². The first-order valence-electron chi connectivity index (χ1n) is 10.1. The van der Waals surface area contributed by atoms with Crippen molar-refractivity contribution in [3.8, 4) is 0 Å². The third-order valence-corrected chi connectivity index (χ3v) is 7.06. The molecule has 0 atom stereocenters. The van der Waals surface area contributed by atoms with Crippen LogP contribution in [0, 0.1) is 0 Å². The number of benzene rings is 2. The Bertz CT molecular complexity index is 916. The first-order valence-corrected chi connectivity index (χ1v) is 12.0. The lowest BCUT2D eigenvalue weighted by atomic mass is 10.1. The summed E-state index contributed by atoms with van der Waals surface area (Å²) < 4.78 is 0. The number of carbonyl (C=O) groups excluding carboxylic acids is 1. The Labute approximate surface area is 181 Å². The second kappa shape index (κ2) is 10.1. The topological polar surface area (TPSA) is 32.3 Å². The maximum Gasteiger partial charge on any atom is 0.252 e. The lowest BCUT2D eigenvalue weighted by molar-refractivity contribution is 0.0948. The molecule has 1 fully saturated rings. The lowest BCUT2D eigenvalue weighted by Crippen LogP contribution is -2.23. The van der Waals surface area contributed by atoms with E-state index in [1.54, 1.807) is 23.1 Å². The highest BCUT2D eigenvalue weighted by Crippen LogP contribution is 2.27. The fraction of sp³-hybridized carbons (Fsp3) is 0.292. The molecular weight excluding hydrogens is 396 g/mol. The van der Waals surface area contributed by atoms with Crippen molar-refractivity contribution in [2.75, 3.05) is 13.1 Å². The second-order valence-corrected chi connectivity index (χ2v) is 9.20. The van der Waals surface area contributed by atoms with Crippen LogP contribution in [-0.4, -0.2) is 23.9 Å². The van der Waals surface area contributed by atoms with E-state index in [-0.39, 0.29) is 5.91 Å². The van der Waals surface area contributed by atoms with E-state index in [9.17, 15) is 4.79 Å². The molecule has 2 heterocycles. The number of nitrogens with zero attached hydrogens (tertiary/aromatic N) is 1. The van der Waals surface area contributed by atoms with Crippen LogP contribution >= 0.6 is 23.1 Å². The van der Waals surface area contributed by atoms with Gasteiger partial charge in [0, 0.05) is 23.7 Å². The molecule has 0 radical (unpaired) electrons. The summed E-state index contributed by atoms with van der Waals surface area (Å²) in [6, 6.07) is 18.6. The molecule has 0 aliphatic carbocycles. The van der Waals surface area contributed by atoms with Crippen molar-refractivity contribution in [2.24, 2.45) is 0 Å². The molecule has 5 heteroatoms. The average molecular weight is 423 g/mol. The van der Waals surface area contributed by atoms with Crippen LogP contribution in [0.25, 0.3) is 0 Å². The van der Waals surface area contributed by atoms with Gasteiger partial charge in [-0.1, -0.05) is 36.4 Å². The van der Waals surface area contributed by atoms with Crippen molar-refractivity contribution in [1.82, 2.24) is 10.2 Å². The number of thiophene rings is 1. The van der Waals surface area contributed by atoms with Crippen molar-refractivity contribution >= 4 is 29.0 Å². The Morgan fingerprint density at radius 3 is 2.48 bits per heavy atom. The van der Waals surface area contributed by atoms with Gasteiger partial charge in [0.2, 0.25) is 0 Å². The third kappa shape index (κ3) is 5.72. The third-order valence-electron chi connectivity index (χ3n) is 5.19. The fourth-order valence-electron chi connectivity index (χ4n) is 3.55. The van der Waals surface area contributed by atoms with Crippen molar-refractivity contribution in [2.45, 2.75) is 36.6 Å². The molecule has 2 aromatic carbocycles. The van der Waals surface area contributed by atoms with E-state index >= 15 is 0 Å².